The SMILES string of the molecule is Cc1nn(C)c(Cl)c1CN1CCCC(C)(O)CC1. The Morgan fingerprint density at radius 3 is 2.72 bits per heavy atom. The molecule has 1 aliphatic rings. The Labute approximate surface area is 114 Å². The molecule has 0 aliphatic carbocycles. The molecule has 0 saturated carbocycles. The van der Waals surface area contributed by atoms with Crippen LogP contribution < -0.4 is 0 Å². The number of rotatable bonds is 2. The standard InChI is InChI=1S/C13H22ClN3O/c1-10-11(12(14)16(3)15-10)9-17-7-4-5-13(2,18)6-8-17/h18H,4-9H2,1-3H3. The van der Waals surface area contributed by atoms with Crippen molar-refractivity contribution in [3.63, 3.8) is 0 Å². The van der Waals surface area contributed by atoms with E-state index >= 15 is 0 Å². The molecule has 1 aromatic rings. The maximum atomic E-state index is 10.1. The molecule has 18 heavy (non-hydrogen) atoms. The van der Waals surface area contributed by atoms with Crippen LogP contribution in [0.3, 0.4) is 0 Å². The second kappa shape index (κ2) is 5.19. The van der Waals surface area contributed by atoms with E-state index in [1.807, 2.05) is 20.9 Å². The van der Waals surface area contributed by atoms with Crippen molar-refractivity contribution in [2.24, 2.45) is 7.05 Å². The van der Waals surface area contributed by atoms with Gasteiger partial charge in [-0.3, -0.25) is 9.58 Å². The zero-order valence-corrected chi connectivity index (χ0v) is 12.2. The van der Waals surface area contributed by atoms with Crippen molar-refractivity contribution >= 4 is 11.6 Å². The fraction of sp³-hybridized carbons (Fsp3) is 0.769. The molecule has 0 bridgehead atoms. The van der Waals surface area contributed by atoms with Crippen LogP contribution in [0, 0.1) is 6.92 Å². The summed E-state index contributed by atoms with van der Waals surface area (Å²) in [6.07, 6.45) is 2.73. The number of aliphatic hydroxyl groups is 1. The smallest absolute Gasteiger partial charge is 0.131 e. The lowest BCUT2D eigenvalue weighted by Crippen LogP contribution is -2.28. The third kappa shape index (κ3) is 3.05. The van der Waals surface area contributed by atoms with Crippen molar-refractivity contribution in [1.82, 2.24) is 14.7 Å². The zero-order chi connectivity index (χ0) is 13.3. The van der Waals surface area contributed by atoms with E-state index in [2.05, 4.69) is 10.00 Å². The third-order valence-electron chi connectivity index (χ3n) is 3.81. The van der Waals surface area contributed by atoms with Gasteiger partial charge >= 0.3 is 0 Å². The molecule has 1 saturated heterocycles. The van der Waals surface area contributed by atoms with Crippen molar-refractivity contribution in [2.45, 2.75) is 45.3 Å². The first-order chi connectivity index (χ1) is 8.39. The molecule has 1 atom stereocenters. The minimum atomic E-state index is -0.511. The average molecular weight is 272 g/mol. The van der Waals surface area contributed by atoms with Crippen molar-refractivity contribution in [3.05, 3.63) is 16.4 Å². The number of likely N-dealkylation sites (tertiary alicyclic amines) is 1. The highest BCUT2D eigenvalue weighted by atomic mass is 35.5. The molecule has 0 amide bonds. The molecule has 1 aromatic heterocycles. The van der Waals surface area contributed by atoms with Gasteiger partial charge in [0.2, 0.25) is 0 Å². The first-order valence-electron chi connectivity index (χ1n) is 6.52. The Kier molecular flexibility index (Phi) is 3.99. The summed E-state index contributed by atoms with van der Waals surface area (Å²) in [7, 11) is 1.87. The predicted octanol–water partition coefficient (Wildman–Crippen LogP) is 2.12. The molecule has 1 fully saturated rings. The lowest BCUT2D eigenvalue weighted by molar-refractivity contribution is 0.0444. The highest BCUT2D eigenvalue weighted by molar-refractivity contribution is 6.30. The van der Waals surface area contributed by atoms with Crippen LogP contribution >= 0.6 is 11.6 Å². The lowest BCUT2D eigenvalue weighted by atomic mass is 9.98. The van der Waals surface area contributed by atoms with Crippen LogP contribution in [0.2, 0.25) is 5.15 Å². The lowest BCUT2D eigenvalue weighted by Gasteiger charge is -2.22. The van der Waals surface area contributed by atoms with Crippen LogP contribution in [0.5, 0.6) is 0 Å². The molecule has 1 unspecified atom stereocenters. The number of aromatic nitrogens is 2. The summed E-state index contributed by atoms with van der Waals surface area (Å²) >= 11 is 6.25. The number of hydrogen-bond acceptors (Lipinski definition) is 3. The highest BCUT2D eigenvalue weighted by Gasteiger charge is 2.25. The van der Waals surface area contributed by atoms with E-state index < -0.39 is 5.60 Å². The molecule has 2 rings (SSSR count). The first-order valence-corrected chi connectivity index (χ1v) is 6.89. The summed E-state index contributed by atoms with van der Waals surface area (Å²) in [5.74, 6) is 0. The maximum Gasteiger partial charge on any atom is 0.131 e. The maximum absolute atomic E-state index is 10.1. The molecular formula is C13H22ClN3O. The molecular weight excluding hydrogens is 250 g/mol. The van der Waals surface area contributed by atoms with Crippen LogP contribution in [0.25, 0.3) is 0 Å². The van der Waals surface area contributed by atoms with E-state index in [1.165, 1.54) is 0 Å². The third-order valence-corrected chi connectivity index (χ3v) is 4.28. The van der Waals surface area contributed by atoms with Gasteiger partial charge in [-0.2, -0.15) is 5.10 Å². The van der Waals surface area contributed by atoms with Gasteiger partial charge in [-0.05, 0) is 39.7 Å². The minimum Gasteiger partial charge on any atom is -0.390 e. The molecule has 1 aliphatic heterocycles. The second-order valence-corrected chi connectivity index (χ2v) is 5.96. The molecule has 1 N–H and O–H groups in total. The monoisotopic (exact) mass is 271 g/mol. The topological polar surface area (TPSA) is 41.3 Å². The number of halogens is 1. The highest BCUT2D eigenvalue weighted by Crippen LogP contribution is 2.25. The average Bonchev–Trinajstić information content (AvgIpc) is 2.46. The fourth-order valence-corrected chi connectivity index (χ4v) is 2.79. The Bertz CT molecular complexity index is 428. The quantitative estimate of drug-likeness (QED) is 0.896. The summed E-state index contributed by atoms with van der Waals surface area (Å²) in [4.78, 5) is 2.36. The normalized spacial score (nSPS) is 26.3. The molecule has 0 spiro atoms. The van der Waals surface area contributed by atoms with Gasteiger partial charge in [-0.25, -0.2) is 0 Å². The van der Waals surface area contributed by atoms with Crippen molar-refractivity contribution in [2.75, 3.05) is 13.1 Å². The predicted molar refractivity (Wildman–Crippen MR) is 72.7 cm³/mol. The van der Waals surface area contributed by atoms with E-state index in [0.717, 1.165) is 55.3 Å². The van der Waals surface area contributed by atoms with Crippen molar-refractivity contribution in [3.8, 4) is 0 Å². The van der Waals surface area contributed by atoms with Gasteiger partial charge in [0.1, 0.15) is 5.15 Å². The number of nitrogens with zero attached hydrogens (tertiary/aromatic N) is 3. The Hall–Kier alpha value is -0.580. The fourth-order valence-electron chi connectivity index (χ4n) is 2.55. The molecule has 5 heteroatoms. The van der Waals surface area contributed by atoms with Gasteiger partial charge in [-0.1, -0.05) is 11.6 Å². The molecule has 0 radical (unpaired) electrons. The summed E-state index contributed by atoms with van der Waals surface area (Å²) in [5, 5.41) is 15.1. The Morgan fingerprint density at radius 1 is 1.39 bits per heavy atom. The summed E-state index contributed by atoms with van der Waals surface area (Å²) in [5.41, 5.74) is 1.60. The Morgan fingerprint density at radius 2 is 2.11 bits per heavy atom. The number of aryl methyl sites for hydroxylation is 2. The van der Waals surface area contributed by atoms with Crippen LogP contribution in [0.15, 0.2) is 0 Å². The summed E-state index contributed by atoms with van der Waals surface area (Å²) in [6.45, 7) is 6.68. The van der Waals surface area contributed by atoms with Crippen molar-refractivity contribution in [1.29, 1.82) is 0 Å². The van der Waals surface area contributed by atoms with E-state index in [4.69, 9.17) is 11.6 Å². The van der Waals surface area contributed by atoms with E-state index in [-0.39, 0.29) is 0 Å². The van der Waals surface area contributed by atoms with Gasteiger partial charge in [0.25, 0.3) is 0 Å². The van der Waals surface area contributed by atoms with E-state index in [0.29, 0.717) is 0 Å². The van der Waals surface area contributed by atoms with E-state index in [9.17, 15) is 5.11 Å². The molecule has 102 valence electrons. The van der Waals surface area contributed by atoms with Crippen LogP contribution in [0.4, 0.5) is 0 Å². The van der Waals surface area contributed by atoms with Crippen LogP contribution in [-0.4, -0.2) is 38.5 Å². The van der Waals surface area contributed by atoms with Gasteiger partial charge in [0.05, 0.1) is 11.3 Å². The number of hydrogen-bond donors (Lipinski definition) is 1. The Balaban J connectivity index is 2.05. The van der Waals surface area contributed by atoms with Gasteiger partial charge in [0.15, 0.2) is 0 Å². The molecule has 2 heterocycles. The zero-order valence-electron chi connectivity index (χ0n) is 11.4. The van der Waals surface area contributed by atoms with Gasteiger partial charge in [-0.15, -0.1) is 0 Å². The van der Waals surface area contributed by atoms with Crippen LogP contribution in [0.1, 0.15) is 37.4 Å². The van der Waals surface area contributed by atoms with Gasteiger partial charge in [0, 0.05) is 25.7 Å². The van der Waals surface area contributed by atoms with Gasteiger partial charge < -0.3 is 5.11 Å². The largest absolute Gasteiger partial charge is 0.390 e. The van der Waals surface area contributed by atoms with Crippen LogP contribution in [-0.2, 0) is 13.6 Å². The second-order valence-electron chi connectivity index (χ2n) is 5.61. The minimum absolute atomic E-state index is 0.511. The van der Waals surface area contributed by atoms with E-state index in [1.54, 1.807) is 4.68 Å². The molecule has 0 aromatic carbocycles. The van der Waals surface area contributed by atoms with Crippen molar-refractivity contribution < 1.29 is 5.11 Å². The molecule has 4 nitrogen and oxygen atoms in total. The summed E-state index contributed by atoms with van der Waals surface area (Å²) in [6, 6.07) is 0. The summed E-state index contributed by atoms with van der Waals surface area (Å²) < 4.78 is 1.72. The first kappa shape index (κ1) is 13.8.